The molecule has 4 nitrogen and oxygen atoms in total. The molecular formula is C15H20N2O2Si. The van der Waals surface area contributed by atoms with Gasteiger partial charge in [-0.3, -0.25) is 0 Å². The van der Waals surface area contributed by atoms with Gasteiger partial charge in [0.25, 0.3) is 0 Å². The molecule has 0 amide bonds. The van der Waals surface area contributed by atoms with Crippen LogP contribution in [0.25, 0.3) is 11.4 Å². The maximum Gasteiger partial charge on any atom is 0.159 e. The summed E-state index contributed by atoms with van der Waals surface area (Å²) in [5, 5.41) is 9.18. The summed E-state index contributed by atoms with van der Waals surface area (Å²) in [6.45, 7) is 6.87. The van der Waals surface area contributed by atoms with Gasteiger partial charge < -0.3 is 9.84 Å². The zero-order valence-electron chi connectivity index (χ0n) is 12.1. The predicted octanol–water partition coefficient (Wildman–Crippen LogP) is 3.50. The summed E-state index contributed by atoms with van der Waals surface area (Å²) in [7, 11) is -1.22. The van der Waals surface area contributed by atoms with Crippen molar-refractivity contribution in [1.29, 1.82) is 0 Å². The molecule has 0 aliphatic heterocycles. The smallest absolute Gasteiger partial charge is 0.159 e. The number of aromatic nitrogens is 2. The largest absolute Gasteiger partial charge is 0.505 e. The molecule has 0 fully saturated rings. The number of rotatable bonds is 5. The lowest BCUT2D eigenvalue weighted by Gasteiger charge is -2.20. The molecule has 0 aliphatic carbocycles. The highest BCUT2D eigenvalue weighted by Crippen LogP contribution is 2.21. The average Bonchev–Trinajstić information content (AvgIpc) is 2.47. The van der Waals surface area contributed by atoms with Crippen LogP contribution in [-0.4, -0.2) is 29.4 Å². The van der Waals surface area contributed by atoms with Crippen molar-refractivity contribution in [2.24, 2.45) is 0 Å². The van der Waals surface area contributed by atoms with Gasteiger partial charge in [-0.1, -0.05) is 26.1 Å². The van der Waals surface area contributed by atoms with E-state index >= 15 is 0 Å². The van der Waals surface area contributed by atoms with Gasteiger partial charge in [0.15, 0.2) is 11.6 Å². The number of hydrogen-bond acceptors (Lipinski definition) is 4. The van der Waals surface area contributed by atoms with Crippen LogP contribution in [0.5, 0.6) is 11.5 Å². The molecule has 1 N–H and O–H groups in total. The summed E-state index contributed by atoms with van der Waals surface area (Å²) in [4.78, 5) is 8.16. The summed E-state index contributed by atoms with van der Waals surface area (Å²) < 4.78 is 5.85. The maximum atomic E-state index is 9.18. The molecule has 1 aromatic carbocycles. The van der Waals surface area contributed by atoms with Crippen LogP contribution < -0.4 is 4.74 Å². The van der Waals surface area contributed by atoms with Crippen LogP contribution in [0.3, 0.4) is 0 Å². The van der Waals surface area contributed by atoms with Crippen molar-refractivity contribution in [2.45, 2.75) is 26.1 Å². The van der Waals surface area contributed by atoms with Gasteiger partial charge in [-0.05, 0) is 24.3 Å². The molecule has 1 aromatic heterocycles. The molecule has 20 heavy (non-hydrogen) atoms. The minimum atomic E-state index is -1.22. The Morgan fingerprint density at radius 3 is 2.25 bits per heavy atom. The Balaban J connectivity index is 2.05. The topological polar surface area (TPSA) is 55.2 Å². The second-order valence-corrected chi connectivity index (χ2v) is 10.9. The Kier molecular flexibility index (Phi) is 4.39. The molecule has 0 saturated carbocycles. The van der Waals surface area contributed by atoms with Gasteiger partial charge in [-0.15, -0.1) is 0 Å². The van der Waals surface area contributed by atoms with E-state index in [1.807, 2.05) is 24.3 Å². The number of ether oxygens (including phenoxy) is 1. The maximum absolute atomic E-state index is 9.18. The van der Waals surface area contributed by atoms with Gasteiger partial charge in [0.1, 0.15) is 5.75 Å². The highest BCUT2D eigenvalue weighted by molar-refractivity contribution is 6.77. The quantitative estimate of drug-likeness (QED) is 0.856. The van der Waals surface area contributed by atoms with Crippen molar-refractivity contribution in [3.63, 3.8) is 0 Å². The fourth-order valence-corrected chi connectivity index (χ4v) is 2.31. The van der Waals surface area contributed by atoms with E-state index in [-0.39, 0.29) is 5.75 Å². The van der Waals surface area contributed by atoms with Crippen molar-refractivity contribution < 1.29 is 9.84 Å². The second kappa shape index (κ2) is 6.05. The fourth-order valence-electron chi connectivity index (χ4n) is 1.55. The minimum absolute atomic E-state index is 0.0699. The normalized spacial score (nSPS) is 11.3. The van der Waals surface area contributed by atoms with Crippen molar-refractivity contribution in [3.8, 4) is 22.9 Å². The van der Waals surface area contributed by atoms with Gasteiger partial charge in [0.2, 0.25) is 0 Å². The summed E-state index contributed by atoms with van der Waals surface area (Å²) in [5.74, 6) is 1.54. The standard InChI is InChI=1S/C15H20N2O2Si/c1-4-20(2,3)11-19-14-7-5-12(6-8-14)15-16-9-13(18)10-17-15/h5-10,18H,4,11H2,1-3H3. The van der Waals surface area contributed by atoms with Crippen LogP contribution in [0.2, 0.25) is 19.1 Å². The van der Waals surface area contributed by atoms with Crippen molar-refractivity contribution >= 4 is 8.07 Å². The van der Waals surface area contributed by atoms with Gasteiger partial charge in [-0.25, -0.2) is 9.97 Å². The molecular weight excluding hydrogens is 268 g/mol. The summed E-state index contributed by atoms with van der Waals surface area (Å²) in [5.41, 5.74) is 0.907. The Morgan fingerprint density at radius 1 is 1.10 bits per heavy atom. The molecule has 0 radical (unpaired) electrons. The third kappa shape index (κ3) is 3.80. The summed E-state index contributed by atoms with van der Waals surface area (Å²) in [6.07, 6.45) is 3.61. The van der Waals surface area contributed by atoms with E-state index < -0.39 is 8.07 Å². The molecule has 2 rings (SSSR count). The fraction of sp³-hybridized carbons (Fsp3) is 0.333. The average molecular weight is 288 g/mol. The van der Waals surface area contributed by atoms with E-state index in [9.17, 15) is 5.11 Å². The molecule has 0 saturated heterocycles. The van der Waals surface area contributed by atoms with Crippen LogP contribution >= 0.6 is 0 Å². The number of benzene rings is 1. The van der Waals surface area contributed by atoms with E-state index in [1.54, 1.807) is 0 Å². The number of nitrogens with zero attached hydrogens (tertiary/aromatic N) is 2. The van der Waals surface area contributed by atoms with Gasteiger partial charge in [0, 0.05) is 5.56 Å². The van der Waals surface area contributed by atoms with E-state index in [0.29, 0.717) is 5.82 Å². The van der Waals surface area contributed by atoms with Crippen LogP contribution in [0, 0.1) is 0 Å². The predicted molar refractivity (Wildman–Crippen MR) is 82.6 cm³/mol. The minimum Gasteiger partial charge on any atom is -0.505 e. The van der Waals surface area contributed by atoms with Gasteiger partial charge in [-0.2, -0.15) is 0 Å². The first kappa shape index (κ1) is 14.5. The molecule has 5 heteroatoms. The van der Waals surface area contributed by atoms with Crippen molar-refractivity contribution in [1.82, 2.24) is 9.97 Å². The molecule has 106 valence electrons. The SMILES string of the molecule is CC[Si](C)(C)COc1ccc(-c2ncc(O)cn2)cc1. The Hall–Kier alpha value is -1.88. The zero-order valence-corrected chi connectivity index (χ0v) is 13.1. The molecule has 0 unspecified atom stereocenters. The van der Waals surface area contributed by atoms with Crippen LogP contribution in [-0.2, 0) is 0 Å². The first-order valence-electron chi connectivity index (χ1n) is 6.74. The van der Waals surface area contributed by atoms with Crippen molar-refractivity contribution in [2.75, 3.05) is 6.23 Å². The molecule has 0 spiro atoms. The lowest BCUT2D eigenvalue weighted by atomic mass is 10.2. The number of hydrogen-bond donors (Lipinski definition) is 1. The summed E-state index contributed by atoms with van der Waals surface area (Å²) >= 11 is 0. The molecule has 0 aliphatic rings. The highest BCUT2D eigenvalue weighted by atomic mass is 28.3. The Morgan fingerprint density at radius 2 is 1.70 bits per heavy atom. The zero-order chi connectivity index (χ0) is 14.6. The van der Waals surface area contributed by atoms with Crippen LogP contribution in [0.15, 0.2) is 36.7 Å². The van der Waals surface area contributed by atoms with E-state index in [0.717, 1.165) is 17.5 Å². The lowest BCUT2D eigenvalue weighted by molar-refractivity contribution is 0.377. The number of aromatic hydroxyl groups is 1. The molecule has 1 heterocycles. The molecule has 2 aromatic rings. The van der Waals surface area contributed by atoms with E-state index in [2.05, 4.69) is 30.0 Å². The summed E-state index contributed by atoms with van der Waals surface area (Å²) in [6, 6.07) is 8.95. The Bertz CT molecular complexity index is 553. The van der Waals surface area contributed by atoms with Crippen LogP contribution in [0.1, 0.15) is 6.92 Å². The van der Waals surface area contributed by atoms with E-state index in [4.69, 9.17) is 4.74 Å². The third-order valence-corrected chi connectivity index (χ3v) is 6.18. The van der Waals surface area contributed by atoms with Crippen LogP contribution in [0.4, 0.5) is 0 Å². The monoisotopic (exact) mass is 288 g/mol. The molecule has 0 bridgehead atoms. The third-order valence-electron chi connectivity index (χ3n) is 3.34. The first-order valence-corrected chi connectivity index (χ1v) is 10.2. The highest BCUT2D eigenvalue weighted by Gasteiger charge is 2.18. The molecule has 0 atom stereocenters. The second-order valence-electron chi connectivity index (χ2n) is 5.60. The lowest BCUT2D eigenvalue weighted by Crippen LogP contribution is -2.33. The van der Waals surface area contributed by atoms with E-state index in [1.165, 1.54) is 18.4 Å². The van der Waals surface area contributed by atoms with Crippen molar-refractivity contribution in [3.05, 3.63) is 36.7 Å². The van der Waals surface area contributed by atoms with Gasteiger partial charge >= 0.3 is 0 Å². The first-order chi connectivity index (χ1) is 9.50. The Labute approximate surface area is 120 Å². The van der Waals surface area contributed by atoms with Gasteiger partial charge in [0.05, 0.1) is 26.7 Å².